The second-order valence-corrected chi connectivity index (χ2v) is 5.96. The number of non-ortho nitro benzene ring substituents is 1. The summed E-state index contributed by atoms with van der Waals surface area (Å²) in [5.41, 5.74) is 2.05. The summed E-state index contributed by atoms with van der Waals surface area (Å²) in [7, 11) is 1.53. The van der Waals surface area contributed by atoms with Crippen LogP contribution in [-0.2, 0) is 0 Å². The molecule has 0 saturated heterocycles. The molecule has 0 saturated carbocycles. The van der Waals surface area contributed by atoms with Crippen molar-refractivity contribution in [1.29, 1.82) is 5.26 Å². The summed E-state index contributed by atoms with van der Waals surface area (Å²) in [6, 6.07) is 19.6. The van der Waals surface area contributed by atoms with Gasteiger partial charge in [-0.25, -0.2) is 0 Å². The van der Waals surface area contributed by atoms with Crippen LogP contribution >= 0.6 is 0 Å². The Hall–Kier alpha value is -4.38. The highest BCUT2D eigenvalue weighted by Crippen LogP contribution is 2.26. The second kappa shape index (κ2) is 8.54. The van der Waals surface area contributed by atoms with Gasteiger partial charge in [0.05, 0.1) is 29.0 Å². The van der Waals surface area contributed by atoms with Gasteiger partial charge >= 0.3 is 0 Å². The molecule has 3 aromatic carbocycles. The topological polar surface area (TPSA) is 117 Å². The Kier molecular flexibility index (Phi) is 5.71. The molecule has 0 aliphatic rings. The van der Waals surface area contributed by atoms with Crippen molar-refractivity contribution in [2.45, 2.75) is 0 Å². The van der Waals surface area contributed by atoms with Gasteiger partial charge in [0.1, 0.15) is 11.8 Å². The van der Waals surface area contributed by atoms with Crippen molar-refractivity contribution in [3.8, 4) is 11.8 Å². The van der Waals surface area contributed by atoms with Crippen LogP contribution in [0, 0.1) is 21.4 Å². The normalized spacial score (nSPS) is 9.93. The van der Waals surface area contributed by atoms with Crippen molar-refractivity contribution < 1.29 is 14.5 Å². The number of carbonyl (C=O) groups excluding carboxylic acids is 1. The van der Waals surface area contributed by atoms with E-state index in [1.54, 1.807) is 42.5 Å². The number of anilines is 3. The predicted octanol–water partition coefficient (Wildman–Crippen LogP) is 4.47. The van der Waals surface area contributed by atoms with E-state index in [9.17, 15) is 20.2 Å². The molecule has 3 rings (SSSR count). The summed E-state index contributed by atoms with van der Waals surface area (Å²) in [5.74, 6) is 0.260. The summed E-state index contributed by atoms with van der Waals surface area (Å²) < 4.78 is 5.22. The van der Waals surface area contributed by atoms with Crippen LogP contribution in [0.25, 0.3) is 0 Å². The number of benzene rings is 3. The van der Waals surface area contributed by atoms with E-state index < -0.39 is 4.92 Å². The molecule has 1 amide bonds. The zero-order valence-corrected chi connectivity index (χ0v) is 15.4. The van der Waals surface area contributed by atoms with E-state index in [2.05, 4.69) is 10.6 Å². The number of amides is 1. The standard InChI is InChI=1S/C21H16N4O4/c1-29-20-5-3-2-4-19(20)24-21(26)14-6-8-16(9-7-14)23-18-11-10-17(25(27)28)12-15(18)13-22/h2-12,23H,1H3,(H,24,26). The summed E-state index contributed by atoms with van der Waals surface area (Å²) in [6.45, 7) is 0. The van der Waals surface area contributed by atoms with Gasteiger partial charge in [-0.1, -0.05) is 12.1 Å². The van der Waals surface area contributed by atoms with Crippen LogP contribution < -0.4 is 15.4 Å². The van der Waals surface area contributed by atoms with E-state index in [0.717, 1.165) is 0 Å². The largest absolute Gasteiger partial charge is 0.495 e. The number of nitrogens with zero attached hydrogens (tertiary/aromatic N) is 2. The second-order valence-electron chi connectivity index (χ2n) is 5.96. The number of rotatable bonds is 6. The van der Waals surface area contributed by atoms with Gasteiger partial charge in [0.25, 0.3) is 11.6 Å². The van der Waals surface area contributed by atoms with Gasteiger partial charge in [-0.3, -0.25) is 14.9 Å². The first kappa shape index (κ1) is 19.4. The smallest absolute Gasteiger partial charge is 0.270 e. The van der Waals surface area contributed by atoms with Crippen molar-refractivity contribution in [3.63, 3.8) is 0 Å². The molecule has 0 bridgehead atoms. The van der Waals surface area contributed by atoms with Crippen LogP contribution in [0.2, 0.25) is 0 Å². The molecule has 0 atom stereocenters. The highest BCUT2D eigenvalue weighted by molar-refractivity contribution is 6.05. The fourth-order valence-electron chi connectivity index (χ4n) is 2.65. The number of carbonyl (C=O) groups is 1. The minimum absolute atomic E-state index is 0.150. The monoisotopic (exact) mass is 388 g/mol. The average Bonchev–Trinajstić information content (AvgIpc) is 2.74. The number of hydrogen-bond acceptors (Lipinski definition) is 6. The zero-order valence-electron chi connectivity index (χ0n) is 15.4. The third-order valence-corrected chi connectivity index (χ3v) is 4.12. The van der Waals surface area contributed by atoms with E-state index >= 15 is 0 Å². The number of hydrogen-bond donors (Lipinski definition) is 2. The molecule has 0 spiro atoms. The molecule has 0 radical (unpaired) electrons. The lowest BCUT2D eigenvalue weighted by molar-refractivity contribution is -0.384. The number of nitrogens with one attached hydrogen (secondary N) is 2. The highest BCUT2D eigenvalue weighted by atomic mass is 16.6. The number of ether oxygens (including phenoxy) is 1. The first-order valence-corrected chi connectivity index (χ1v) is 8.52. The maximum absolute atomic E-state index is 12.5. The molecular weight excluding hydrogens is 372 g/mol. The number of nitro benzene ring substituents is 1. The van der Waals surface area contributed by atoms with Crippen molar-refractivity contribution in [3.05, 3.63) is 88.0 Å². The molecule has 0 fully saturated rings. The Morgan fingerprint density at radius 2 is 1.79 bits per heavy atom. The molecule has 0 heterocycles. The molecule has 144 valence electrons. The first-order chi connectivity index (χ1) is 14.0. The van der Waals surface area contributed by atoms with Crippen molar-refractivity contribution in [2.75, 3.05) is 17.7 Å². The summed E-state index contributed by atoms with van der Waals surface area (Å²) >= 11 is 0. The van der Waals surface area contributed by atoms with Gasteiger partial charge in [0.15, 0.2) is 0 Å². The van der Waals surface area contributed by atoms with E-state index in [1.807, 2.05) is 12.1 Å². The van der Waals surface area contributed by atoms with E-state index in [-0.39, 0.29) is 17.2 Å². The van der Waals surface area contributed by atoms with Gasteiger partial charge in [0, 0.05) is 23.4 Å². The lowest BCUT2D eigenvalue weighted by Crippen LogP contribution is -2.12. The maximum atomic E-state index is 12.5. The Morgan fingerprint density at radius 3 is 2.45 bits per heavy atom. The quantitative estimate of drug-likeness (QED) is 0.475. The number of nitriles is 1. The number of methoxy groups -OCH3 is 1. The number of para-hydroxylation sites is 2. The predicted molar refractivity (Wildman–Crippen MR) is 108 cm³/mol. The highest BCUT2D eigenvalue weighted by Gasteiger charge is 2.12. The van der Waals surface area contributed by atoms with Gasteiger partial charge in [0.2, 0.25) is 0 Å². The van der Waals surface area contributed by atoms with E-state index in [0.29, 0.717) is 28.4 Å². The Morgan fingerprint density at radius 1 is 1.07 bits per heavy atom. The molecule has 8 heteroatoms. The average molecular weight is 388 g/mol. The van der Waals surface area contributed by atoms with Crippen LogP contribution in [0.1, 0.15) is 15.9 Å². The molecule has 0 aliphatic carbocycles. The van der Waals surface area contributed by atoms with Gasteiger partial charge in [-0.2, -0.15) is 5.26 Å². The molecular formula is C21H16N4O4. The summed E-state index contributed by atoms with van der Waals surface area (Å²) in [5, 5.41) is 25.9. The van der Waals surface area contributed by atoms with E-state index in [1.165, 1.54) is 25.3 Å². The Balaban J connectivity index is 1.74. The minimum atomic E-state index is -0.556. The fourth-order valence-corrected chi connectivity index (χ4v) is 2.65. The van der Waals surface area contributed by atoms with Crippen LogP contribution in [0.4, 0.5) is 22.7 Å². The molecule has 0 aliphatic heterocycles. The summed E-state index contributed by atoms with van der Waals surface area (Å²) in [4.78, 5) is 22.7. The molecule has 0 aromatic heterocycles. The lowest BCUT2D eigenvalue weighted by atomic mass is 10.1. The molecule has 29 heavy (non-hydrogen) atoms. The number of nitro groups is 1. The zero-order chi connectivity index (χ0) is 20.8. The van der Waals surface area contributed by atoms with Gasteiger partial charge in [-0.05, 0) is 42.5 Å². The van der Waals surface area contributed by atoms with Crippen molar-refractivity contribution in [2.24, 2.45) is 0 Å². The van der Waals surface area contributed by atoms with Crippen LogP contribution in [0.3, 0.4) is 0 Å². The third-order valence-electron chi connectivity index (χ3n) is 4.12. The van der Waals surface area contributed by atoms with Gasteiger partial charge < -0.3 is 15.4 Å². The molecule has 0 unspecified atom stereocenters. The fraction of sp³-hybridized carbons (Fsp3) is 0.0476. The molecule has 3 aromatic rings. The Bertz CT molecular complexity index is 1100. The van der Waals surface area contributed by atoms with Gasteiger partial charge in [-0.15, -0.1) is 0 Å². The van der Waals surface area contributed by atoms with E-state index in [4.69, 9.17) is 4.74 Å². The van der Waals surface area contributed by atoms with Crippen molar-refractivity contribution >= 4 is 28.7 Å². The lowest BCUT2D eigenvalue weighted by Gasteiger charge is -2.11. The van der Waals surface area contributed by atoms with Crippen molar-refractivity contribution in [1.82, 2.24) is 0 Å². The van der Waals surface area contributed by atoms with Crippen LogP contribution in [0.15, 0.2) is 66.7 Å². The Labute approximate surface area is 166 Å². The molecule has 8 nitrogen and oxygen atoms in total. The van der Waals surface area contributed by atoms with Crippen LogP contribution in [0.5, 0.6) is 5.75 Å². The first-order valence-electron chi connectivity index (χ1n) is 8.52. The molecule has 2 N–H and O–H groups in total. The SMILES string of the molecule is COc1ccccc1NC(=O)c1ccc(Nc2ccc([N+](=O)[O-])cc2C#N)cc1. The van der Waals surface area contributed by atoms with Crippen LogP contribution in [-0.4, -0.2) is 17.9 Å². The minimum Gasteiger partial charge on any atom is -0.495 e. The maximum Gasteiger partial charge on any atom is 0.270 e. The summed E-state index contributed by atoms with van der Waals surface area (Å²) in [6.07, 6.45) is 0. The third kappa shape index (κ3) is 4.48.